The summed E-state index contributed by atoms with van der Waals surface area (Å²) in [7, 11) is 0. The van der Waals surface area contributed by atoms with Crippen LogP contribution in [0.2, 0.25) is 0 Å². The van der Waals surface area contributed by atoms with Crippen LogP contribution < -0.4 is 15.5 Å². The lowest BCUT2D eigenvalue weighted by molar-refractivity contribution is -0.118. The Morgan fingerprint density at radius 3 is 2.57 bits per heavy atom. The molecule has 0 saturated carbocycles. The van der Waals surface area contributed by atoms with Crippen molar-refractivity contribution in [3.63, 3.8) is 0 Å². The first-order chi connectivity index (χ1) is 17.0. The highest BCUT2D eigenvalue weighted by Crippen LogP contribution is 2.34. The standard InChI is InChI=1S/C24H28FN9O/c1-16-18-15-29-24(23-27-5-2-6-28-23)30-19(18)3-8-34(16)22-14-17(13-20(25)31-22)33-11-9-32(10-12-33)7-4-21(26)35/h2,5-6,13-16H,3-4,7-12H2,1H3,(H2,26,35). The average molecular weight is 478 g/mol. The van der Waals surface area contributed by atoms with Crippen molar-refractivity contribution in [3.05, 3.63) is 54.0 Å². The van der Waals surface area contributed by atoms with Crippen LogP contribution in [0.4, 0.5) is 15.9 Å². The van der Waals surface area contributed by atoms with E-state index in [1.807, 2.05) is 12.3 Å². The maximum Gasteiger partial charge on any atom is 0.218 e. The van der Waals surface area contributed by atoms with Crippen LogP contribution in [-0.4, -0.2) is 75.0 Å². The van der Waals surface area contributed by atoms with E-state index in [1.54, 1.807) is 18.5 Å². The lowest BCUT2D eigenvalue weighted by atomic mass is 9.99. The van der Waals surface area contributed by atoms with E-state index in [-0.39, 0.29) is 11.9 Å². The SMILES string of the molecule is CC1c2cnc(-c3ncccn3)nc2CCN1c1cc(N2CCN(CCC(N)=O)CC2)cc(F)n1. The summed E-state index contributed by atoms with van der Waals surface area (Å²) in [5, 5.41) is 0. The van der Waals surface area contributed by atoms with Crippen LogP contribution in [0.5, 0.6) is 0 Å². The number of aromatic nitrogens is 5. The van der Waals surface area contributed by atoms with Crippen molar-refractivity contribution in [3.8, 4) is 11.6 Å². The first kappa shape index (κ1) is 23.0. The molecular weight excluding hydrogens is 449 g/mol. The zero-order valence-corrected chi connectivity index (χ0v) is 19.6. The molecule has 2 N–H and O–H groups in total. The summed E-state index contributed by atoms with van der Waals surface area (Å²) >= 11 is 0. The molecule has 2 aliphatic heterocycles. The Kier molecular flexibility index (Phi) is 6.49. The predicted molar refractivity (Wildman–Crippen MR) is 129 cm³/mol. The molecule has 0 radical (unpaired) electrons. The third-order valence-corrected chi connectivity index (χ3v) is 6.64. The van der Waals surface area contributed by atoms with E-state index in [0.717, 1.165) is 43.1 Å². The summed E-state index contributed by atoms with van der Waals surface area (Å²) < 4.78 is 14.6. The number of carbonyl (C=O) groups excluding carboxylic acids is 1. The quantitative estimate of drug-likeness (QED) is 0.528. The molecule has 182 valence electrons. The molecule has 2 aliphatic rings. The number of piperazine rings is 1. The molecule has 10 nitrogen and oxygen atoms in total. The van der Waals surface area contributed by atoms with Gasteiger partial charge in [0.2, 0.25) is 11.9 Å². The molecule has 3 aromatic rings. The van der Waals surface area contributed by atoms with Crippen LogP contribution in [0, 0.1) is 5.95 Å². The fourth-order valence-corrected chi connectivity index (χ4v) is 4.70. The zero-order valence-electron chi connectivity index (χ0n) is 19.6. The van der Waals surface area contributed by atoms with Gasteiger partial charge in [-0.25, -0.2) is 24.9 Å². The average Bonchev–Trinajstić information content (AvgIpc) is 2.88. The number of amides is 1. The number of rotatable bonds is 6. The highest BCUT2D eigenvalue weighted by molar-refractivity contribution is 5.73. The summed E-state index contributed by atoms with van der Waals surface area (Å²) in [6.07, 6.45) is 6.20. The lowest BCUT2D eigenvalue weighted by Gasteiger charge is -2.38. The predicted octanol–water partition coefficient (Wildman–Crippen LogP) is 1.59. The molecule has 1 unspecified atom stereocenters. The third kappa shape index (κ3) is 5.04. The van der Waals surface area contributed by atoms with Gasteiger partial charge in [-0.15, -0.1) is 0 Å². The van der Waals surface area contributed by atoms with Gasteiger partial charge in [0.05, 0.1) is 11.7 Å². The zero-order chi connectivity index (χ0) is 24.4. The third-order valence-electron chi connectivity index (χ3n) is 6.64. The number of pyridine rings is 1. The molecule has 1 fully saturated rings. The smallest absolute Gasteiger partial charge is 0.218 e. The van der Waals surface area contributed by atoms with E-state index in [2.05, 4.69) is 41.6 Å². The second-order valence-corrected chi connectivity index (χ2v) is 8.84. The molecular formula is C24H28FN9O. The van der Waals surface area contributed by atoms with Crippen molar-refractivity contribution < 1.29 is 9.18 Å². The summed E-state index contributed by atoms with van der Waals surface area (Å²) in [6, 6.07) is 5.14. The van der Waals surface area contributed by atoms with Crippen LogP contribution in [-0.2, 0) is 11.2 Å². The van der Waals surface area contributed by atoms with Gasteiger partial charge < -0.3 is 15.5 Å². The molecule has 0 aliphatic carbocycles. The van der Waals surface area contributed by atoms with Gasteiger partial charge in [0.1, 0.15) is 5.82 Å². The second kappa shape index (κ2) is 9.87. The number of hydrogen-bond donors (Lipinski definition) is 1. The normalized spacial score (nSPS) is 18.4. The lowest BCUT2D eigenvalue weighted by Crippen LogP contribution is -2.47. The number of halogens is 1. The number of nitrogens with zero attached hydrogens (tertiary/aromatic N) is 8. The minimum absolute atomic E-state index is 0.0581. The monoisotopic (exact) mass is 477 g/mol. The number of hydrogen-bond acceptors (Lipinski definition) is 9. The van der Waals surface area contributed by atoms with Crippen LogP contribution in [0.25, 0.3) is 11.6 Å². The topological polar surface area (TPSA) is 117 Å². The minimum atomic E-state index is -0.500. The van der Waals surface area contributed by atoms with E-state index >= 15 is 0 Å². The highest BCUT2D eigenvalue weighted by Gasteiger charge is 2.28. The van der Waals surface area contributed by atoms with E-state index in [9.17, 15) is 9.18 Å². The largest absolute Gasteiger partial charge is 0.370 e. The van der Waals surface area contributed by atoms with Crippen molar-refractivity contribution in [2.45, 2.75) is 25.8 Å². The van der Waals surface area contributed by atoms with E-state index in [4.69, 9.17) is 10.7 Å². The number of carbonyl (C=O) groups is 1. The molecule has 5 rings (SSSR count). The molecule has 11 heteroatoms. The Bertz CT molecular complexity index is 1200. The Hall–Kier alpha value is -3.73. The van der Waals surface area contributed by atoms with Crippen LogP contribution >= 0.6 is 0 Å². The van der Waals surface area contributed by atoms with E-state index < -0.39 is 5.95 Å². The van der Waals surface area contributed by atoms with Crippen LogP contribution in [0.1, 0.15) is 30.6 Å². The highest BCUT2D eigenvalue weighted by atomic mass is 19.1. The minimum Gasteiger partial charge on any atom is -0.370 e. The van der Waals surface area contributed by atoms with Crippen LogP contribution in [0.15, 0.2) is 36.8 Å². The Labute approximate surface area is 203 Å². The maximum absolute atomic E-state index is 14.6. The number of nitrogens with two attached hydrogens (primary N) is 1. The van der Waals surface area contributed by atoms with E-state index in [1.165, 1.54) is 6.07 Å². The summed E-state index contributed by atoms with van der Waals surface area (Å²) in [4.78, 5) is 39.4. The first-order valence-corrected chi connectivity index (χ1v) is 11.8. The summed E-state index contributed by atoms with van der Waals surface area (Å²) in [6.45, 7) is 6.47. The van der Waals surface area contributed by atoms with Crippen molar-refractivity contribution in [2.75, 3.05) is 49.1 Å². The molecule has 0 spiro atoms. The number of anilines is 2. The molecule has 1 saturated heterocycles. The fraction of sp³-hybridized carbons (Fsp3) is 0.417. The first-order valence-electron chi connectivity index (χ1n) is 11.8. The van der Waals surface area contributed by atoms with Crippen molar-refractivity contribution >= 4 is 17.4 Å². The Morgan fingerprint density at radius 2 is 1.83 bits per heavy atom. The van der Waals surface area contributed by atoms with Gasteiger partial charge >= 0.3 is 0 Å². The van der Waals surface area contributed by atoms with Gasteiger partial charge in [0.25, 0.3) is 0 Å². The molecule has 5 heterocycles. The summed E-state index contributed by atoms with van der Waals surface area (Å²) in [5.74, 6) is 0.812. The maximum atomic E-state index is 14.6. The number of primary amides is 1. The van der Waals surface area contributed by atoms with Crippen LogP contribution in [0.3, 0.4) is 0 Å². The van der Waals surface area contributed by atoms with Crippen molar-refractivity contribution in [1.82, 2.24) is 29.8 Å². The van der Waals surface area contributed by atoms with Gasteiger partial charge in [-0.3, -0.25) is 9.69 Å². The van der Waals surface area contributed by atoms with Gasteiger partial charge in [-0.2, -0.15) is 4.39 Å². The van der Waals surface area contributed by atoms with Gasteiger partial charge in [-0.1, -0.05) is 0 Å². The van der Waals surface area contributed by atoms with Gasteiger partial charge in [0.15, 0.2) is 11.6 Å². The van der Waals surface area contributed by atoms with Gasteiger partial charge in [-0.05, 0) is 13.0 Å². The van der Waals surface area contributed by atoms with Crippen molar-refractivity contribution in [1.29, 1.82) is 0 Å². The van der Waals surface area contributed by atoms with Crippen molar-refractivity contribution in [2.24, 2.45) is 5.73 Å². The second-order valence-electron chi connectivity index (χ2n) is 8.84. The molecule has 0 aromatic carbocycles. The number of fused-ring (bicyclic) bond motifs is 1. The Balaban J connectivity index is 1.32. The fourth-order valence-electron chi connectivity index (χ4n) is 4.70. The molecule has 3 aromatic heterocycles. The molecule has 1 amide bonds. The van der Waals surface area contributed by atoms with E-state index in [0.29, 0.717) is 43.4 Å². The summed E-state index contributed by atoms with van der Waals surface area (Å²) in [5.41, 5.74) is 8.02. The molecule has 35 heavy (non-hydrogen) atoms. The molecule has 1 atom stereocenters. The Morgan fingerprint density at radius 1 is 1.06 bits per heavy atom. The van der Waals surface area contributed by atoms with Gasteiger partial charge in [0, 0.05) is 94.1 Å². The molecule has 0 bridgehead atoms.